The van der Waals surface area contributed by atoms with Gasteiger partial charge < -0.3 is 10.5 Å². The van der Waals surface area contributed by atoms with Crippen molar-refractivity contribution in [3.63, 3.8) is 0 Å². The Morgan fingerprint density at radius 3 is 2.41 bits per heavy atom. The summed E-state index contributed by atoms with van der Waals surface area (Å²) in [5.74, 6) is 0. The van der Waals surface area contributed by atoms with Crippen LogP contribution in [-0.4, -0.2) is 17.1 Å². The number of nitrogens with zero attached hydrogens (tertiary/aromatic N) is 2. The second-order valence-electron chi connectivity index (χ2n) is 3.73. The second-order valence-corrected chi connectivity index (χ2v) is 3.73. The largest absolute Gasteiger partial charge is 0.467 e. The van der Waals surface area contributed by atoms with Crippen LogP contribution in [0.4, 0.5) is 5.69 Å². The maximum Gasteiger partial charge on any atom is 0.316 e. The van der Waals surface area contributed by atoms with Gasteiger partial charge in [-0.25, -0.2) is 9.97 Å². The van der Waals surface area contributed by atoms with Crippen LogP contribution >= 0.6 is 0 Å². The lowest BCUT2D eigenvalue weighted by molar-refractivity contribution is 0.380. The van der Waals surface area contributed by atoms with E-state index >= 15 is 0 Å². The van der Waals surface area contributed by atoms with Crippen LogP contribution < -0.4 is 10.5 Å². The van der Waals surface area contributed by atoms with E-state index in [0.717, 1.165) is 28.8 Å². The molecular weight excluding hydrogens is 214 g/mol. The summed E-state index contributed by atoms with van der Waals surface area (Å²) in [6.07, 6.45) is 4.39. The van der Waals surface area contributed by atoms with Gasteiger partial charge in [0.2, 0.25) is 0 Å². The van der Waals surface area contributed by atoms with Crippen molar-refractivity contribution in [2.75, 3.05) is 12.8 Å². The van der Waals surface area contributed by atoms with Gasteiger partial charge in [-0.1, -0.05) is 19.1 Å². The molecule has 2 aromatic rings. The van der Waals surface area contributed by atoms with Gasteiger partial charge in [0.15, 0.2) is 0 Å². The first-order valence-electron chi connectivity index (χ1n) is 5.49. The average molecular weight is 229 g/mol. The third kappa shape index (κ3) is 2.36. The van der Waals surface area contributed by atoms with Crippen molar-refractivity contribution in [3.8, 4) is 17.1 Å². The Balaban J connectivity index is 2.35. The van der Waals surface area contributed by atoms with E-state index in [2.05, 4.69) is 16.9 Å². The zero-order valence-electron chi connectivity index (χ0n) is 9.97. The van der Waals surface area contributed by atoms with Crippen molar-refractivity contribution in [1.82, 2.24) is 9.97 Å². The molecule has 0 saturated heterocycles. The summed E-state index contributed by atoms with van der Waals surface area (Å²) < 4.78 is 4.92. The molecule has 4 heteroatoms. The highest BCUT2D eigenvalue weighted by molar-refractivity contribution is 5.67. The molecular formula is C13H15N3O. The number of hydrogen-bond donors (Lipinski definition) is 1. The summed E-state index contributed by atoms with van der Waals surface area (Å²) in [4.78, 5) is 8.14. The van der Waals surface area contributed by atoms with Crippen LogP contribution in [0.15, 0.2) is 30.6 Å². The Morgan fingerprint density at radius 2 is 1.88 bits per heavy atom. The van der Waals surface area contributed by atoms with Crippen LogP contribution in [0.5, 0.6) is 6.01 Å². The van der Waals surface area contributed by atoms with Crippen LogP contribution in [-0.2, 0) is 6.42 Å². The molecule has 0 aliphatic carbocycles. The summed E-state index contributed by atoms with van der Waals surface area (Å²) in [6.45, 7) is 2.09. The van der Waals surface area contributed by atoms with E-state index < -0.39 is 0 Å². The molecule has 0 saturated carbocycles. The summed E-state index contributed by atoms with van der Waals surface area (Å²) in [5, 5.41) is 0. The molecule has 0 amide bonds. The Bertz CT molecular complexity index is 509. The molecule has 2 N–H and O–H groups in total. The monoisotopic (exact) mass is 229 g/mol. The number of methoxy groups -OCH3 is 1. The zero-order valence-corrected chi connectivity index (χ0v) is 9.97. The minimum atomic E-state index is 0.368. The highest BCUT2D eigenvalue weighted by Crippen LogP contribution is 2.23. The minimum absolute atomic E-state index is 0.368. The third-order valence-corrected chi connectivity index (χ3v) is 2.67. The van der Waals surface area contributed by atoms with Crippen molar-refractivity contribution >= 4 is 5.69 Å². The average Bonchev–Trinajstić information content (AvgIpc) is 2.39. The molecule has 2 rings (SSSR count). The van der Waals surface area contributed by atoms with Gasteiger partial charge >= 0.3 is 6.01 Å². The molecule has 0 aliphatic rings. The molecule has 0 aliphatic heterocycles. The molecule has 0 radical (unpaired) electrons. The molecule has 1 aromatic carbocycles. The Labute approximate surface area is 100 Å². The van der Waals surface area contributed by atoms with E-state index in [-0.39, 0.29) is 0 Å². The van der Waals surface area contributed by atoms with Crippen molar-refractivity contribution in [2.45, 2.75) is 13.3 Å². The van der Waals surface area contributed by atoms with Crippen molar-refractivity contribution in [3.05, 3.63) is 36.2 Å². The zero-order chi connectivity index (χ0) is 12.3. The molecule has 1 aromatic heterocycles. The smallest absolute Gasteiger partial charge is 0.316 e. The summed E-state index contributed by atoms with van der Waals surface area (Å²) in [5.41, 5.74) is 9.87. The fourth-order valence-electron chi connectivity index (χ4n) is 1.67. The number of benzene rings is 1. The number of aromatic nitrogens is 2. The first-order valence-corrected chi connectivity index (χ1v) is 5.49. The van der Waals surface area contributed by atoms with Gasteiger partial charge in [-0.05, 0) is 23.6 Å². The summed E-state index contributed by atoms with van der Waals surface area (Å²) in [7, 11) is 1.54. The number of nitrogens with two attached hydrogens (primary N) is 1. The minimum Gasteiger partial charge on any atom is -0.467 e. The van der Waals surface area contributed by atoms with Crippen molar-refractivity contribution in [2.24, 2.45) is 0 Å². The summed E-state index contributed by atoms with van der Waals surface area (Å²) in [6, 6.07) is 6.38. The predicted molar refractivity (Wildman–Crippen MR) is 67.8 cm³/mol. The van der Waals surface area contributed by atoms with Gasteiger partial charge in [0.05, 0.1) is 7.11 Å². The lowest BCUT2D eigenvalue weighted by Gasteiger charge is -2.06. The van der Waals surface area contributed by atoms with Crippen LogP contribution in [0, 0.1) is 0 Å². The topological polar surface area (TPSA) is 61.0 Å². The van der Waals surface area contributed by atoms with Gasteiger partial charge in [0, 0.05) is 23.6 Å². The number of ether oxygens (including phenoxy) is 1. The Hall–Kier alpha value is -2.10. The number of nitrogen functional groups attached to an aromatic ring is 1. The quantitative estimate of drug-likeness (QED) is 0.820. The molecule has 0 spiro atoms. The third-order valence-electron chi connectivity index (χ3n) is 2.67. The van der Waals surface area contributed by atoms with E-state index in [1.165, 1.54) is 0 Å². The van der Waals surface area contributed by atoms with Crippen LogP contribution in [0.25, 0.3) is 11.1 Å². The van der Waals surface area contributed by atoms with Crippen LogP contribution in [0.2, 0.25) is 0 Å². The molecule has 0 unspecified atom stereocenters. The number of aryl methyl sites for hydroxylation is 1. The number of hydrogen-bond acceptors (Lipinski definition) is 4. The molecule has 1 heterocycles. The van der Waals surface area contributed by atoms with E-state index in [0.29, 0.717) is 6.01 Å². The van der Waals surface area contributed by atoms with Crippen LogP contribution in [0.1, 0.15) is 12.5 Å². The molecule has 0 fully saturated rings. The van der Waals surface area contributed by atoms with Gasteiger partial charge in [-0.2, -0.15) is 0 Å². The van der Waals surface area contributed by atoms with E-state index in [1.807, 2.05) is 18.2 Å². The Kier molecular flexibility index (Phi) is 3.23. The Morgan fingerprint density at radius 1 is 1.18 bits per heavy atom. The number of anilines is 1. The predicted octanol–water partition coefficient (Wildman–Crippen LogP) is 2.30. The fourth-order valence-corrected chi connectivity index (χ4v) is 1.67. The first-order chi connectivity index (χ1) is 8.24. The fraction of sp³-hybridized carbons (Fsp3) is 0.231. The maximum absolute atomic E-state index is 5.96. The SMILES string of the molecule is CCc1ccc(-c2cnc(OC)nc2)cc1N. The van der Waals surface area contributed by atoms with E-state index in [1.54, 1.807) is 19.5 Å². The lowest BCUT2D eigenvalue weighted by Crippen LogP contribution is -1.94. The normalized spacial score (nSPS) is 10.2. The maximum atomic E-state index is 5.96. The van der Waals surface area contributed by atoms with Crippen LogP contribution in [0.3, 0.4) is 0 Å². The van der Waals surface area contributed by atoms with Gasteiger partial charge in [0.1, 0.15) is 0 Å². The molecule has 17 heavy (non-hydrogen) atoms. The van der Waals surface area contributed by atoms with Gasteiger partial charge in [-0.3, -0.25) is 0 Å². The molecule has 0 atom stereocenters. The summed E-state index contributed by atoms with van der Waals surface area (Å²) >= 11 is 0. The highest BCUT2D eigenvalue weighted by Gasteiger charge is 2.03. The van der Waals surface area contributed by atoms with Crippen molar-refractivity contribution in [1.29, 1.82) is 0 Å². The molecule has 88 valence electrons. The first kappa shape index (κ1) is 11.4. The molecule has 4 nitrogen and oxygen atoms in total. The number of rotatable bonds is 3. The van der Waals surface area contributed by atoms with Gasteiger partial charge in [-0.15, -0.1) is 0 Å². The highest BCUT2D eigenvalue weighted by atomic mass is 16.5. The lowest BCUT2D eigenvalue weighted by atomic mass is 10.0. The van der Waals surface area contributed by atoms with Crippen molar-refractivity contribution < 1.29 is 4.74 Å². The van der Waals surface area contributed by atoms with Gasteiger partial charge in [0.25, 0.3) is 0 Å². The standard InChI is InChI=1S/C13H15N3O/c1-3-9-4-5-10(6-12(9)14)11-7-15-13(17-2)16-8-11/h4-8H,3,14H2,1-2H3. The molecule has 0 bridgehead atoms. The van der Waals surface area contributed by atoms with E-state index in [4.69, 9.17) is 10.5 Å². The van der Waals surface area contributed by atoms with E-state index in [9.17, 15) is 0 Å². The second kappa shape index (κ2) is 4.82.